The molecular weight excluding hydrogens is 451 g/mol. The van der Waals surface area contributed by atoms with Crippen molar-refractivity contribution in [2.24, 2.45) is 16.3 Å². The second-order valence-corrected chi connectivity index (χ2v) is 9.86. The third kappa shape index (κ3) is 6.53. The Morgan fingerprint density at radius 3 is 2.44 bits per heavy atom. The van der Waals surface area contributed by atoms with Crippen LogP contribution in [0.4, 0.5) is 0 Å². The molecule has 25 heavy (non-hydrogen) atoms. The van der Waals surface area contributed by atoms with Crippen molar-refractivity contribution in [3.8, 4) is 0 Å². The molecule has 0 aromatic heterocycles. The Hall–Kier alpha value is -0.0900. The first kappa shape index (κ1) is 23.0. The van der Waals surface area contributed by atoms with Crippen LogP contribution in [0.2, 0.25) is 0 Å². The fourth-order valence-electron chi connectivity index (χ4n) is 4.15. The number of hydrogen-bond acceptors (Lipinski definition) is 3. The lowest BCUT2D eigenvalue weighted by Crippen LogP contribution is -2.50. The number of nitrogens with one attached hydrogen (secondary N) is 2. The summed E-state index contributed by atoms with van der Waals surface area (Å²) in [6.45, 7) is 6.77. The van der Waals surface area contributed by atoms with Crippen molar-refractivity contribution in [2.75, 3.05) is 32.9 Å². The Bertz CT molecular complexity index is 547. The maximum Gasteiger partial charge on any atom is 0.211 e. The largest absolute Gasteiger partial charge is 0.356 e. The van der Waals surface area contributed by atoms with Gasteiger partial charge in [-0.25, -0.2) is 8.42 Å². The minimum atomic E-state index is -3.12. The highest BCUT2D eigenvalue weighted by atomic mass is 127. The zero-order chi connectivity index (χ0) is 17.8. The van der Waals surface area contributed by atoms with Crippen LogP contribution < -0.4 is 10.6 Å². The third-order valence-electron chi connectivity index (χ3n) is 5.36. The predicted molar refractivity (Wildman–Crippen MR) is 115 cm³/mol. The maximum atomic E-state index is 11.8. The molecule has 0 amide bonds. The summed E-state index contributed by atoms with van der Waals surface area (Å²) in [5.74, 6) is 1.49. The van der Waals surface area contributed by atoms with E-state index in [-0.39, 0.29) is 30.0 Å². The first-order valence-corrected chi connectivity index (χ1v) is 11.0. The molecule has 1 saturated heterocycles. The summed E-state index contributed by atoms with van der Waals surface area (Å²) in [7, 11) is -1.35. The average molecular weight is 486 g/mol. The van der Waals surface area contributed by atoms with E-state index in [1.807, 2.05) is 0 Å². The van der Waals surface area contributed by atoms with Crippen molar-refractivity contribution >= 4 is 40.0 Å². The normalized spacial score (nSPS) is 23.9. The summed E-state index contributed by atoms with van der Waals surface area (Å²) in [6.07, 6.45) is 8.30. The van der Waals surface area contributed by atoms with Crippen LogP contribution >= 0.6 is 24.0 Å². The molecule has 8 heteroatoms. The minimum Gasteiger partial charge on any atom is -0.356 e. The van der Waals surface area contributed by atoms with Crippen LogP contribution in [0.1, 0.15) is 52.4 Å². The van der Waals surface area contributed by atoms with Gasteiger partial charge in [-0.1, -0.05) is 20.3 Å². The molecule has 0 bridgehead atoms. The van der Waals surface area contributed by atoms with E-state index in [9.17, 15) is 8.42 Å². The molecule has 1 aliphatic carbocycles. The Morgan fingerprint density at radius 2 is 1.96 bits per heavy atom. The number of sulfonamides is 1. The summed E-state index contributed by atoms with van der Waals surface area (Å²) in [5, 5.41) is 6.79. The number of halogens is 1. The molecule has 2 fully saturated rings. The molecule has 2 N–H and O–H groups in total. The van der Waals surface area contributed by atoms with Gasteiger partial charge in [0.05, 0.1) is 6.26 Å². The molecular formula is C17H35IN4O2S. The predicted octanol–water partition coefficient (Wildman–Crippen LogP) is 2.41. The van der Waals surface area contributed by atoms with E-state index in [2.05, 4.69) is 29.5 Å². The number of rotatable bonds is 7. The summed E-state index contributed by atoms with van der Waals surface area (Å²) in [5.41, 5.74) is 0.415. The van der Waals surface area contributed by atoms with Gasteiger partial charge >= 0.3 is 0 Å². The molecule has 0 aromatic carbocycles. The van der Waals surface area contributed by atoms with Crippen molar-refractivity contribution in [3.63, 3.8) is 0 Å². The zero-order valence-corrected chi connectivity index (χ0v) is 19.2. The highest BCUT2D eigenvalue weighted by Crippen LogP contribution is 2.45. The first-order valence-electron chi connectivity index (χ1n) is 9.17. The quantitative estimate of drug-likeness (QED) is 0.329. The van der Waals surface area contributed by atoms with Gasteiger partial charge in [-0.2, -0.15) is 4.31 Å². The fraction of sp³-hybridized carbons (Fsp3) is 0.941. The van der Waals surface area contributed by atoms with E-state index >= 15 is 0 Å². The lowest BCUT2D eigenvalue weighted by atomic mass is 9.64. The molecule has 0 aromatic rings. The van der Waals surface area contributed by atoms with Gasteiger partial charge in [0.15, 0.2) is 5.96 Å². The minimum absolute atomic E-state index is 0. The standard InChI is InChI=1S/C17H34N4O2S.HI/c1-14(2)11-17(8-6-9-17)13-20-16(18-3)19-12-15-7-5-10-21(15)24(4,22)23;/h14-15H,5-13H2,1-4H3,(H2,18,19,20);1H/t15-;/m1./s1. The molecule has 6 nitrogen and oxygen atoms in total. The number of nitrogens with zero attached hydrogens (tertiary/aromatic N) is 2. The van der Waals surface area contributed by atoms with E-state index in [1.165, 1.54) is 31.9 Å². The zero-order valence-electron chi connectivity index (χ0n) is 16.0. The summed E-state index contributed by atoms with van der Waals surface area (Å²) in [6, 6.07) is 0.0341. The molecule has 0 radical (unpaired) electrons. The summed E-state index contributed by atoms with van der Waals surface area (Å²) >= 11 is 0. The van der Waals surface area contributed by atoms with Crippen LogP contribution in [0.5, 0.6) is 0 Å². The van der Waals surface area contributed by atoms with E-state index in [4.69, 9.17) is 0 Å². The highest BCUT2D eigenvalue weighted by molar-refractivity contribution is 14.0. The lowest BCUT2D eigenvalue weighted by molar-refractivity contribution is 0.104. The molecule has 0 spiro atoms. The van der Waals surface area contributed by atoms with Crippen molar-refractivity contribution in [1.29, 1.82) is 0 Å². The molecule has 148 valence electrons. The van der Waals surface area contributed by atoms with E-state index in [0.29, 0.717) is 24.4 Å². The second kappa shape index (κ2) is 9.73. The van der Waals surface area contributed by atoms with Crippen molar-refractivity contribution in [2.45, 2.75) is 58.4 Å². The number of aliphatic imine (C=N–C) groups is 1. The van der Waals surface area contributed by atoms with Crippen LogP contribution in [0, 0.1) is 11.3 Å². The topological polar surface area (TPSA) is 73.8 Å². The van der Waals surface area contributed by atoms with Crippen molar-refractivity contribution in [1.82, 2.24) is 14.9 Å². The Morgan fingerprint density at radius 1 is 1.28 bits per heavy atom. The highest BCUT2D eigenvalue weighted by Gasteiger charge is 2.37. The molecule has 2 rings (SSSR count). The lowest BCUT2D eigenvalue weighted by Gasteiger charge is -2.43. The van der Waals surface area contributed by atoms with Crippen LogP contribution in [0.25, 0.3) is 0 Å². The van der Waals surface area contributed by atoms with Crippen LogP contribution in [0.3, 0.4) is 0 Å². The smallest absolute Gasteiger partial charge is 0.211 e. The van der Waals surface area contributed by atoms with Gasteiger partial charge in [0.1, 0.15) is 0 Å². The van der Waals surface area contributed by atoms with Gasteiger partial charge in [-0.05, 0) is 43.4 Å². The van der Waals surface area contributed by atoms with Gasteiger partial charge in [0, 0.05) is 32.7 Å². The third-order valence-corrected chi connectivity index (χ3v) is 6.70. The molecule has 1 atom stereocenters. The number of guanidine groups is 1. The van der Waals surface area contributed by atoms with E-state index in [1.54, 1.807) is 11.4 Å². The van der Waals surface area contributed by atoms with Gasteiger partial charge in [-0.3, -0.25) is 4.99 Å². The molecule has 1 saturated carbocycles. The van der Waals surface area contributed by atoms with Gasteiger partial charge in [0.2, 0.25) is 10.0 Å². The second-order valence-electron chi connectivity index (χ2n) is 7.93. The van der Waals surface area contributed by atoms with Crippen LogP contribution in [0.15, 0.2) is 4.99 Å². The Labute approximate surface area is 170 Å². The molecule has 1 aliphatic heterocycles. The monoisotopic (exact) mass is 486 g/mol. The van der Waals surface area contributed by atoms with Crippen LogP contribution in [-0.4, -0.2) is 57.7 Å². The van der Waals surface area contributed by atoms with E-state index in [0.717, 1.165) is 25.3 Å². The average Bonchev–Trinajstić information content (AvgIpc) is 2.92. The molecule has 1 heterocycles. The van der Waals surface area contributed by atoms with Gasteiger partial charge in [-0.15, -0.1) is 24.0 Å². The van der Waals surface area contributed by atoms with Gasteiger partial charge < -0.3 is 10.6 Å². The first-order chi connectivity index (χ1) is 11.3. The summed E-state index contributed by atoms with van der Waals surface area (Å²) < 4.78 is 25.2. The maximum absolute atomic E-state index is 11.8. The van der Waals surface area contributed by atoms with Crippen LogP contribution in [-0.2, 0) is 10.0 Å². The SMILES string of the molecule is CN=C(NC[C@H]1CCCN1S(C)(=O)=O)NCC1(CC(C)C)CCC1.I. The molecule has 0 unspecified atom stereocenters. The Kier molecular flexibility index (Phi) is 8.93. The number of hydrogen-bond donors (Lipinski definition) is 2. The fourth-order valence-corrected chi connectivity index (χ4v) is 5.33. The van der Waals surface area contributed by atoms with E-state index < -0.39 is 10.0 Å². The summed E-state index contributed by atoms with van der Waals surface area (Å²) in [4.78, 5) is 4.30. The Balaban J connectivity index is 0.00000312. The van der Waals surface area contributed by atoms with Crippen molar-refractivity contribution in [3.05, 3.63) is 0 Å². The van der Waals surface area contributed by atoms with Gasteiger partial charge in [0.25, 0.3) is 0 Å². The molecule has 2 aliphatic rings. The van der Waals surface area contributed by atoms with Crippen molar-refractivity contribution < 1.29 is 8.42 Å².